The van der Waals surface area contributed by atoms with Crippen LogP contribution in [0.15, 0.2) is 71.9 Å². The molecule has 1 N–H and O–H groups in total. The van der Waals surface area contributed by atoms with E-state index in [2.05, 4.69) is 10.4 Å². The van der Waals surface area contributed by atoms with Crippen molar-refractivity contribution in [1.29, 1.82) is 0 Å². The number of rotatable bonds is 2. The van der Waals surface area contributed by atoms with Gasteiger partial charge in [-0.3, -0.25) is 4.79 Å². The van der Waals surface area contributed by atoms with Gasteiger partial charge < -0.3 is 5.32 Å². The molecule has 1 amide bonds. The second kappa shape index (κ2) is 8.07. The summed E-state index contributed by atoms with van der Waals surface area (Å²) < 4.78 is 66.3. The first-order chi connectivity index (χ1) is 15.1. The van der Waals surface area contributed by atoms with Crippen molar-refractivity contribution in [2.24, 2.45) is 5.10 Å². The van der Waals surface area contributed by atoms with Crippen LogP contribution in [0.5, 0.6) is 0 Å². The van der Waals surface area contributed by atoms with Gasteiger partial charge in [0.25, 0.3) is 5.91 Å². The molecule has 4 nitrogen and oxygen atoms in total. The molecule has 1 unspecified atom stereocenters. The molecule has 2 heterocycles. The molecule has 0 fully saturated rings. The molecule has 2 aliphatic heterocycles. The van der Waals surface area contributed by atoms with Crippen LogP contribution in [0.3, 0.4) is 0 Å². The summed E-state index contributed by atoms with van der Waals surface area (Å²) >= 11 is 0. The van der Waals surface area contributed by atoms with E-state index in [0.717, 1.165) is 29.3 Å². The number of nitrogens with zero attached hydrogens (tertiary/aromatic N) is 2. The largest absolute Gasteiger partial charge is 0.416 e. The lowest BCUT2D eigenvalue weighted by molar-refractivity contribution is -0.137. The average molecular weight is 445 g/mol. The molecule has 0 spiro atoms. The van der Waals surface area contributed by atoms with Gasteiger partial charge in [0.05, 0.1) is 17.0 Å². The van der Waals surface area contributed by atoms with Gasteiger partial charge in [-0.2, -0.15) is 18.3 Å². The fourth-order valence-corrected chi connectivity index (χ4v) is 3.36. The van der Waals surface area contributed by atoms with E-state index in [1.54, 1.807) is 25.2 Å². The highest BCUT2D eigenvalue weighted by molar-refractivity contribution is 6.01. The monoisotopic (exact) mass is 445 g/mol. The molecule has 4 rings (SSSR count). The van der Waals surface area contributed by atoms with Gasteiger partial charge in [-0.05, 0) is 54.5 Å². The first-order valence-electron chi connectivity index (χ1n) is 9.51. The third kappa shape index (κ3) is 4.32. The lowest BCUT2D eigenvalue weighted by Crippen LogP contribution is -2.48. The summed E-state index contributed by atoms with van der Waals surface area (Å²) in [4.78, 5) is 12.7. The number of hydrazone groups is 1. The maximum Gasteiger partial charge on any atom is 0.416 e. The number of hydrogen-bond acceptors (Lipinski definition) is 3. The van der Waals surface area contributed by atoms with Gasteiger partial charge in [0.1, 0.15) is 17.8 Å². The van der Waals surface area contributed by atoms with E-state index in [1.165, 1.54) is 18.2 Å². The summed E-state index contributed by atoms with van der Waals surface area (Å²) in [6.07, 6.45) is 0.735. The highest BCUT2D eigenvalue weighted by Crippen LogP contribution is 2.31. The van der Waals surface area contributed by atoms with Crippen LogP contribution in [-0.2, 0) is 11.0 Å². The van der Waals surface area contributed by atoms with Crippen molar-refractivity contribution < 1.29 is 26.7 Å². The molecule has 164 valence electrons. The van der Waals surface area contributed by atoms with E-state index in [1.807, 2.05) is 0 Å². The molecule has 0 radical (unpaired) electrons. The molecular weight excluding hydrogens is 429 g/mol. The van der Waals surface area contributed by atoms with Crippen molar-refractivity contribution in [2.45, 2.75) is 19.3 Å². The first-order valence-corrected chi connectivity index (χ1v) is 9.51. The number of amides is 1. The van der Waals surface area contributed by atoms with Crippen molar-refractivity contribution >= 4 is 22.9 Å². The zero-order chi connectivity index (χ0) is 23.0. The lowest BCUT2D eigenvalue weighted by atomic mass is 10.0. The Morgan fingerprint density at radius 3 is 2.41 bits per heavy atom. The van der Waals surface area contributed by atoms with E-state index in [-0.39, 0.29) is 11.3 Å². The number of carbonyl (C=O) groups excluding carboxylic acids is 1. The second-order valence-corrected chi connectivity index (χ2v) is 7.23. The van der Waals surface area contributed by atoms with Crippen molar-refractivity contribution in [3.8, 4) is 0 Å². The SMILES string of the molecule is CC1=NN2C(=O)C=C(c3ccc(F)cc3F)NC2/C=C(\c2ccc(C(F)(F)F)cc2)C=C1. The van der Waals surface area contributed by atoms with Crippen LogP contribution in [0.2, 0.25) is 0 Å². The maximum absolute atomic E-state index is 14.3. The number of nitrogens with one attached hydrogen (secondary N) is 1. The predicted molar refractivity (Wildman–Crippen MR) is 110 cm³/mol. The summed E-state index contributed by atoms with van der Waals surface area (Å²) in [6, 6.07) is 7.60. The molecule has 2 aliphatic rings. The molecule has 32 heavy (non-hydrogen) atoms. The second-order valence-electron chi connectivity index (χ2n) is 7.23. The summed E-state index contributed by atoms with van der Waals surface area (Å²) in [6.45, 7) is 1.66. The summed E-state index contributed by atoms with van der Waals surface area (Å²) in [5.74, 6) is -2.14. The number of benzene rings is 2. The maximum atomic E-state index is 14.3. The summed E-state index contributed by atoms with van der Waals surface area (Å²) in [7, 11) is 0. The molecule has 0 saturated carbocycles. The molecule has 0 aromatic heterocycles. The van der Waals surface area contributed by atoms with Crippen LogP contribution in [-0.4, -0.2) is 22.8 Å². The fraction of sp³-hybridized carbons (Fsp3) is 0.130. The lowest BCUT2D eigenvalue weighted by Gasteiger charge is -2.33. The van der Waals surface area contributed by atoms with Gasteiger partial charge in [-0.1, -0.05) is 18.2 Å². The normalized spacial score (nSPS) is 20.3. The Hall–Kier alpha value is -3.75. The Morgan fingerprint density at radius 2 is 1.75 bits per heavy atom. The molecule has 2 aromatic rings. The number of alkyl halides is 3. The van der Waals surface area contributed by atoms with Gasteiger partial charge in [0.2, 0.25) is 0 Å². The van der Waals surface area contributed by atoms with Crippen molar-refractivity contribution in [3.63, 3.8) is 0 Å². The zero-order valence-electron chi connectivity index (χ0n) is 16.6. The summed E-state index contributed by atoms with van der Waals surface area (Å²) in [5, 5.41) is 8.38. The van der Waals surface area contributed by atoms with Gasteiger partial charge in [-0.15, -0.1) is 0 Å². The van der Waals surface area contributed by atoms with Crippen molar-refractivity contribution in [1.82, 2.24) is 10.3 Å². The molecule has 0 aliphatic carbocycles. The third-order valence-corrected chi connectivity index (χ3v) is 4.93. The summed E-state index contributed by atoms with van der Waals surface area (Å²) in [5.41, 5.74) is 0.856. The quantitative estimate of drug-likeness (QED) is 0.653. The minimum Gasteiger partial charge on any atom is -0.360 e. The number of halogens is 5. The van der Waals surface area contributed by atoms with Crippen LogP contribution < -0.4 is 5.32 Å². The Kier molecular flexibility index (Phi) is 5.41. The smallest absolute Gasteiger partial charge is 0.360 e. The van der Waals surface area contributed by atoms with E-state index in [4.69, 9.17) is 0 Å². The number of hydrogen-bond donors (Lipinski definition) is 1. The minimum absolute atomic E-state index is 0.00202. The molecule has 2 aromatic carbocycles. The van der Waals surface area contributed by atoms with Crippen LogP contribution in [0, 0.1) is 11.6 Å². The van der Waals surface area contributed by atoms with E-state index in [0.29, 0.717) is 22.9 Å². The van der Waals surface area contributed by atoms with E-state index >= 15 is 0 Å². The van der Waals surface area contributed by atoms with Crippen molar-refractivity contribution in [3.05, 3.63) is 95.1 Å². The standard InChI is InChI=1S/C23H16F5N3O/c1-13-2-3-15(14-4-6-16(7-5-14)23(26,27)28)10-21-29-20(12-22(32)31(21)30-13)18-9-8-17(24)11-19(18)25/h2-12,21,29H,1H3/b3-2?,15-10-,30-13?. The van der Waals surface area contributed by atoms with Crippen LogP contribution >= 0.6 is 0 Å². The Bertz CT molecular complexity index is 1190. The third-order valence-electron chi connectivity index (χ3n) is 4.93. The Morgan fingerprint density at radius 1 is 1.03 bits per heavy atom. The number of carbonyl (C=O) groups is 1. The predicted octanol–water partition coefficient (Wildman–Crippen LogP) is 5.11. The van der Waals surface area contributed by atoms with Crippen LogP contribution in [0.4, 0.5) is 22.0 Å². The minimum atomic E-state index is -4.46. The van der Waals surface area contributed by atoms with E-state index < -0.39 is 35.4 Å². The molecule has 0 saturated heterocycles. The topological polar surface area (TPSA) is 44.7 Å². The zero-order valence-corrected chi connectivity index (χ0v) is 16.6. The Labute approximate surface area is 180 Å². The first kappa shape index (κ1) is 21.5. The van der Waals surface area contributed by atoms with Gasteiger partial charge in [0.15, 0.2) is 0 Å². The van der Waals surface area contributed by atoms with Gasteiger partial charge >= 0.3 is 6.18 Å². The van der Waals surface area contributed by atoms with Crippen LogP contribution in [0.1, 0.15) is 23.6 Å². The van der Waals surface area contributed by atoms with Gasteiger partial charge in [-0.25, -0.2) is 13.8 Å². The highest BCUT2D eigenvalue weighted by Gasteiger charge is 2.31. The molecule has 0 bridgehead atoms. The van der Waals surface area contributed by atoms with E-state index in [9.17, 15) is 26.7 Å². The molecule has 9 heteroatoms. The molecule has 1 atom stereocenters. The Balaban J connectivity index is 1.74. The fourth-order valence-electron chi connectivity index (χ4n) is 3.36. The number of fused-ring (bicyclic) bond motifs is 1. The van der Waals surface area contributed by atoms with Crippen molar-refractivity contribution in [2.75, 3.05) is 0 Å². The molecular formula is C23H16F5N3O. The average Bonchev–Trinajstić information content (AvgIpc) is 2.71. The van der Waals surface area contributed by atoms with Gasteiger partial charge in [0, 0.05) is 17.7 Å². The van der Waals surface area contributed by atoms with Crippen LogP contribution in [0.25, 0.3) is 11.3 Å². The highest BCUT2D eigenvalue weighted by atomic mass is 19.4. The number of allylic oxidation sites excluding steroid dienone is 3.